The number of para-hydroxylation sites is 1. The molecule has 1 aromatic carbocycles. The summed E-state index contributed by atoms with van der Waals surface area (Å²) >= 11 is 3.48. The van der Waals surface area contributed by atoms with E-state index in [-0.39, 0.29) is 0 Å². The number of benzene rings is 1. The van der Waals surface area contributed by atoms with Crippen molar-refractivity contribution in [3.05, 3.63) is 28.2 Å². The van der Waals surface area contributed by atoms with Crippen LogP contribution in [-0.4, -0.2) is 6.54 Å². The summed E-state index contributed by atoms with van der Waals surface area (Å²) in [4.78, 5) is 0. The monoisotopic (exact) mass is 197 g/mol. The van der Waals surface area contributed by atoms with E-state index < -0.39 is 0 Å². The van der Waals surface area contributed by atoms with Crippen molar-refractivity contribution < 1.29 is 0 Å². The van der Waals surface area contributed by atoms with Crippen LogP contribution in [0.3, 0.4) is 0 Å². The van der Waals surface area contributed by atoms with Crippen LogP contribution in [0, 0.1) is 0 Å². The lowest BCUT2D eigenvalue weighted by molar-refractivity contribution is 1.11. The highest BCUT2D eigenvalue weighted by molar-refractivity contribution is 9.10. The molecule has 10 heavy (non-hydrogen) atoms. The Bertz CT molecular complexity index is 257. The van der Waals surface area contributed by atoms with Gasteiger partial charge in [-0.25, -0.2) is 0 Å². The fourth-order valence-corrected chi connectivity index (χ4v) is 1.84. The standard InChI is InChI=1S/C8H8BrN/c9-7-3-1-2-6-4-5-10-8(6)7/h1-3,10H,4-5H2. The van der Waals surface area contributed by atoms with Gasteiger partial charge in [-0.3, -0.25) is 0 Å². The van der Waals surface area contributed by atoms with Crippen molar-refractivity contribution in [1.82, 2.24) is 0 Å². The van der Waals surface area contributed by atoms with Gasteiger partial charge < -0.3 is 5.32 Å². The maximum Gasteiger partial charge on any atom is 0.0517 e. The van der Waals surface area contributed by atoms with E-state index in [0.29, 0.717) is 0 Å². The third kappa shape index (κ3) is 0.833. The molecule has 2 heteroatoms. The van der Waals surface area contributed by atoms with E-state index in [1.807, 2.05) is 0 Å². The Morgan fingerprint density at radius 1 is 1.40 bits per heavy atom. The highest BCUT2D eigenvalue weighted by atomic mass is 79.9. The molecule has 0 atom stereocenters. The Balaban J connectivity index is 2.59. The molecule has 0 amide bonds. The second-order valence-corrected chi connectivity index (χ2v) is 3.31. The van der Waals surface area contributed by atoms with Gasteiger partial charge in [-0.15, -0.1) is 0 Å². The van der Waals surface area contributed by atoms with E-state index in [1.165, 1.54) is 15.7 Å². The lowest BCUT2D eigenvalue weighted by Crippen LogP contribution is -1.91. The zero-order valence-corrected chi connectivity index (χ0v) is 7.11. The van der Waals surface area contributed by atoms with Gasteiger partial charge in [0.1, 0.15) is 0 Å². The summed E-state index contributed by atoms with van der Waals surface area (Å²) in [6.45, 7) is 1.08. The summed E-state index contributed by atoms with van der Waals surface area (Å²) in [6.07, 6.45) is 1.16. The molecule has 1 aliphatic heterocycles. The van der Waals surface area contributed by atoms with Gasteiger partial charge in [0.05, 0.1) is 5.69 Å². The lowest BCUT2D eigenvalue weighted by Gasteiger charge is -2.00. The van der Waals surface area contributed by atoms with Gasteiger partial charge in [0.25, 0.3) is 0 Å². The first kappa shape index (κ1) is 6.23. The molecule has 1 aliphatic rings. The topological polar surface area (TPSA) is 12.0 Å². The van der Waals surface area contributed by atoms with Crippen LogP contribution in [-0.2, 0) is 6.42 Å². The fourth-order valence-electron chi connectivity index (χ4n) is 1.30. The smallest absolute Gasteiger partial charge is 0.0517 e. The van der Waals surface area contributed by atoms with Crippen LogP contribution in [0.2, 0.25) is 0 Å². The number of rotatable bonds is 0. The molecule has 1 nitrogen and oxygen atoms in total. The van der Waals surface area contributed by atoms with Crippen molar-refractivity contribution in [1.29, 1.82) is 0 Å². The van der Waals surface area contributed by atoms with Crippen LogP contribution in [0.4, 0.5) is 5.69 Å². The molecule has 0 fully saturated rings. The predicted octanol–water partition coefficient (Wildman–Crippen LogP) is 2.42. The Labute approximate surface area is 68.6 Å². The van der Waals surface area contributed by atoms with Crippen molar-refractivity contribution in [3.63, 3.8) is 0 Å². The minimum Gasteiger partial charge on any atom is -0.384 e. The summed E-state index contributed by atoms with van der Waals surface area (Å²) in [5.41, 5.74) is 2.71. The number of hydrogen-bond acceptors (Lipinski definition) is 1. The summed E-state index contributed by atoms with van der Waals surface area (Å²) in [6, 6.07) is 6.31. The van der Waals surface area contributed by atoms with Gasteiger partial charge in [0, 0.05) is 11.0 Å². The molecule has 0 spiro atoms. The molecular formula is C8H8BrN. The average Bonchev–Trinajstić information content (AvgIpc) is 2.36. The Kier molecular flexibility index (Phi) is 1.42. The Morgan fingerprint density at radius 2 is 2.30 bits per heavy atom. The van der Waals surface area contributed by atoms with E-state index >= 15 is 0 Å². The van der Waals surface area contributed by atoms with Crippen LogP contribution >= 0.6 is 15.9 Å². The van der Waals surface area contributed by atoms with E-state index in [1.54, 1.807) is 0 Å². The molecule has 52 valence electrons. The molecule has 0 aliphatic carbocycles. The van der Waals surface area contributed by atoms with Crippen LogP contribution in [0.5, 0.6) is 0 Å². The fraction of sp³-hybridized carbons (Fsp3) is 0.250. The SMILES string of the molecule is Brc1cccc2c1NCC2. The predicted molar refractivity (Wildman–Crippen MR) is 46.3 cm³/mol. The summed E-state index contributed by atoms with van der Waals surface area (Å²) in [5, 5.41) is 3.32. The third-order valence-electron chi connectivity index (χ3n) is 1.80. The molecule has 2 rings (SSSR count). The molecule has 0 aromatic heterocycles. The maximum absolute atomic E-state index is 3.48. The Morgan fingerprint density at radius 3 is 3.10 bits per heavy atom. The summed E-state index contributed by atoms with van der Waals surface area (Å²) < 4.78 is 1.18. The van der Waals surface area contributed by atoms with Gasteiger partial charge >= 0.3 is 0 Å². The number of halogens is 1. The molecule has 0 unspecified atom stereocenters. The largest absolute Gasteiger partial charge is 0.384 e. The highest BCUT2D eigenvalue weighted by Crippen LogP contribution is 2.29. The number of fused-ring (bicyclic) bond motifs is 1. The zero-order valence-electron chi connectivity index (χ0n) is 5.52. The van der Waals surface area contributed by atoms with Gasteiger partial charge in [0.2, 0.25) is 0 Å². The minimum atomic E-state index is 1.08. The number of anilines is 1. The molecule has 1 N–H and O–H groups in total. The van der Waals surface area contributed by atoms with E-state index in [0.717, 1.165) is 13.0 Å². The first-order chi connectivity index (χ1) is 4.88. The third-order valence-corrected chi connectivity index (χ3v) is 2.46. The second kappa shape index (κ2) is 2.27. The molecule has 0 radical (unpaired) electrons. The van der Waals surface area contributed by atoms with E-state index in [4.69, 9.17) is 0 Å². The molecule has 0 saturated carbocycles. The van der Waals surface area contributed by atoms with Crippen molar-refractivity contribution in [2.75, 3.05) is 11.9 Å². The van der Waals surface area contributed by atoms with Crippen molar-refractivity contribution >= 4 is 21.6 Å². The quantitative estimate of drug-likeness (QED) is 0.674. The van der Waals surface area contributed by atoms with Gasteiger partial charge in [-0.1, -0.05) is 12.1 Å². The van der Waals surface area contributed by atoms with Crippen LogP contribution < -0.4 is 5.32 Å². The minimum absolute atomic E-state index is 1.08. The first-order valence-corrected chi connectivity index (χ1v) is 4.18. The van der Waals surface area contributed by atoms with Crippen molar-refractivity contribution in [2.24, 2.45) is 0 Å². The zero-order chi connectivity index (χ0) is 6.97. The van der Waals surface area contributed by atoms with E-state index in [9.17, 15) is 0 Å². The first-order valence-electron chi connectivity index (χ1n) is 3.39. The molecule has 0 bridgehead atoms. The van der Waals surface area contributed by atoms with Gasteiger partial charge in [-0.05, 0) is 34.0 Å². The van der Waals surface area contributed by atoms with Crippen LogP contribution in [0.25, 0.3) is 0 Å². The van der Waals surface area contributed by atoms with Gasteiger partial charge in [-0.2, -0.15) is 0 Å². The molecular weight excluding hydrogens is 190 g/mol. The second-order valence-electron chi connectivity index (χ2n) is 2.45. The van der Waals surface area contributed by atoms with Crippen molar-refractivity contribution in [3.8, 4) is 0 Å². The number of nitrogens with one attached hydrogen (secondary N) is 1. The highest BCUT2D eigenvalue weighted by Gasteiger charge is 2.10. The number of hydrogen-bond donors (Lipinski definition) is 1. The van der Waals surface area contributed by atoms with Crippen LogP contribution in [0.1, 0.15) is 5.56 Å². The normalized spacial score (nSPS) is 14.5. The van der Waals surface area contributed by atoms with Crippen LogP contribution in [0.15, 0.2) is 22.7 Å². The molecule has 0 saturated heterocycles. The molecule has 1 heterocycles. The summed E-state index contributed by atoms with van der Waals surface area (Å²) in [5.74, 6) is 0. The van der Waals surface area contributed by atoms with Crippen molar-refractivity contribution in [2.45, 2.75) is 6.42 Å². The molecule has 1 aromatic rings. The average molecular weight is 198 g/mol. The maximum atomic E-state index is 3.48. The Hall–Kier alpha value is -0.500. The van der Waals surface area contributed by atoms with Gasteiger partial charge in [0.15, 0.2) is 0 Å². The lowest BCUT2D eigenvalue weighted by atomic mass is 10.2. The summed E-state index contributed by atoms with van der Waals surface area (Å²) in [7, 11) is 0. The van der Waals surface area contributed by atoms with E-state index in [2.05, 4.69) is 39.4 Å².